The second kappa shape index (κ2) is 7.09. The molecule has 27 heavy (non-hydrogen) atoms. The molecule has 0 saturated carbocycles. The van der Waals surface area contributed by atoms with Crippen LogP contribution in [0.1, 0.15) is 0 Å². The van der Waals surface area contributed by atoms with Gasteiger partial charge in [0, 0.05) is 18.6 Å². The fraction of sp³-hybridized carbons (Fsp3) is 0.111. The summed E-state index contributed by atoms with van der Waals surface area (Å²) in [5.74, 6) is 0.204. The fourth-order valence-electron chi connectivity index (χ4n) is 2.82. The topological polar surface area (TPSA) is 65.6 Å². The molecule has 6 nitrogen and oxygen atoms in total. The largest absolute Gasteiger partial charge is 0.291 e. The number of halogens is 3. The van der Waals surface area contributed by atoms with Crippen molar-refractivity contribution in [3.8, 4) is 17.1 Å². The molecule has 0 aliphatic carbocycles. The maximum absolute atomic E-state index is 13.2. The molecule has 0 radical (unpaired) electrons. The number of nitrogens with zero attached hydrogens (tertiary/aromatic N) is 5. The molecule has 9 heteroatoms. The van der Waals surface area contributed by atoms with Crippen LogP contribution in [0.25, 0.3) is 28.1 Å². The molecule has 4 rings (SSSR count). The molecule has 0 amide bonds. The highest BCUT2D eigenvalue weighted by Gasteiger charge is 2.18. The van der Waals surface area contributed by atoms with Gasteiger partial charge >= 0.3 is 0 Å². The van der Waals surface area contributed by atoms with E-state index < -0.39 is 0 Å². The van der Waals surface area contributed by atoms with E-state index in [1.54, 1.807) is 30.5 Å². The minimum atomic E-state index is -0.365. The quantitative estimate of drug-likeness (QED) is 0.385. The average Bonchev–Trinajstić information content (AvgIpc) is 3.09. The molecule has 0 N–H and O–H groups in total. The van der Waals surface area contributed by atoms with Gasteiger partial charge in [0.15, 0.2) is 5.65 Å². The number of hydrogen-bond acceptors (Lipinski definition) is 4. The Balaban J connectivity index is 2.03. The van der Waals surface area contributed by atoms with E-state index in [2.05, 4.69) is 15.1 Å². The molecule has 0 aliphatic rings. The first-order chi connectivity index (χ1) is 13.1. The van der Waals surface area contributed by atoms with Crippen molar-refractivity contribution >= 4 is 34.2 Å². The zero-order chi connectivity index (χ0) is 19.0. The number of aromatic nitrogens is 5. The van der Waals surface area contributed by atoms with Crippen LogP contribution in [0.15, 0.2) is 53.6 Å². The molecule has 0 saturated heterocycles. The molecule has 0 atom stereocenters. The van der Waals surface area contributed by atoms with Gasteiger partial charge in [-0.3, -0.25) is 9.36 Å². The first-order valence-corrected chi connectivity index (χ1v) is 8.93. The van der Waals surface area contributed by atoms with Crippen LogP contribution in [0, 0.1) is 5.82 Å². The molecule has 4 aromatic rings. The highest BCUT2D eigenvalue weighted by molar-refractivity contribution is 6.31. The maximum atomic E-state index is 13.2. The Labute approximate surface area is 162 Å². The van der Waals surface area contributed by atoms with Crippen molar-refractivity contribution in [3.63, 3.8) is 0 Å². The van der Waals surface area contributed by atoms with Crippen LogP contribution in [-0.4, -0.2) is 30.2 Å². The molecule has 0 spiro atoms. The van der Waals surface area contributed by atoms with Crippen LogP contribution >= 0.6 is 23.2 Å². The summed E-state index contributed by atoms with van der Waals surface area (Å²) in [6.45, 7) is 0.256. The third-order valence-corrected chi connectivity index (χ3v) is 4.54. The summed E-state index contributed by atoms with van der Waals surface area (Å²) in [5, 5.41) is 4.80. The van der Waals surface area contributed by atoms with Gasteiger partial charge in [0.05, 0.1) is 17.4 Å². The van der Waals surface area contributed by atoms with E-state index in [-0.39, 0.29) is 29.0 Å². The van der Waals surface area contributed by atoms with Crippen molar-refractivity contribution in [1.82, 2.24) is 24.3 Å². The zero-order valence-electron chi connectivity index (χ0n) is 13.8. The van der Waals surface area contributed by atoms with Crippen molar-refractivity contribution in [2.24, 2.45) is 0 Å². The molecule has 0 unspecified atom stereocenters. The number of alkyl halides is 1. The third kappa shape index (κ3) is 3.09. The molecule has 0 aliphatic heterocycles. The normalized spacial score (nSPS) is 11.2. The van der Waals surface area contributed by atoms with Gasteiger partial charge in [0.2, 0.25) is 0 Å². The smallest absolute Gasteiger partial charge is 0.264 e. The minimum Gasteiger partial charge on any atom is -0.291 e. The van der Waals surface area contributed by atoms with Crippen molar-refractivity contribution in [2.45, 2.75) is 6.54 Å². The number of pyridine rings is 1. The average molecular weight is 404 g/mol. The lowest BCUT2D eigenvalue weighted by molar-refractivity contribution is 0.627. The molecule has 3 heterocycles. The van der Waals surface area contributed by atoms with Crippen LogP contribution in [0.3, 0.4) is 0 Å². The van der Waals surface area contributed by atoms with E-state index >= 15 is 0 Å². The standard InChI is InChI=1S/C18H12Cl2FN5O/c19-7-9-25-16(13-2-1-8-22-15(13)20)24-17-14(18(25)27)10-23-26(17)12-5-3-11(21)4-6-12/h1-6,8,10H,7,9H2. The van der Waals surface area contributed by atoms with Crippen LogP contribution in [-0.2, 0) is 6.54 Å². The number of fused-ring (bicyclic) bond motifs is 1. The van der Waals surface area contributed by atoms with E-state index in [1.165, 1.54) is 27.6 Å². The molecule has 0 bridgehead atoms. The van der Waals surface area contributed by atoms with E-state index in [0.29, 0.717) is 28.1 Å². The van der Waals surface area contributed by atoms with Crippen molar-refractivity contribution < 1.29 is 4.39 Å². The van der Waals surface area contributed by atoms with Gasteiger partial charge in [-0.15, -0.1) is 11.6 Å². The van der Waals surface area contributed by atoms with Gasteiger partial charge < -0.3 is 0 Å². The van der Waals surface area contributed by atoms with E-state index in [9.17, 15) is 9.18 Å². The Morgan fingerprint density at radius 2 is 1.93 bits per heavy atom. The monoisotopic (exact) mass is 403 g/mol. The van der Waals surface area contributed by atoms with Crippen molar-refractivity contribution in [1.29, 1.82) is 0 Å². The van der Waals surface area contributed by atoms with E-state index in [4.69, 9.17) is 23.2 Å². The summed E-state index contributed by atoms with van der Waals surface area (Å²) >= 11 is 12.1. The zero-order valence-corrected chi connectivity index (χ0v) is 15.3. The van der Waals surface area contributed by atoms with Crippen LogP contribution in [0.5, 0.6) is 0 Å². The van der Waals surface area contributed by atoms with Crippen LogP contribution in [0.2, 0.25) is 5.15 Å². The van der Waals surface area contributed by atoms with Crippen molar-refractivity contribution in [2.75, 3.05) is 5.88 Å². The van der Waals surface area contributed by atoms with Gasteiger partial charge in [-0.25, -0.2) is 19.0 Å². The number of benzene rings is 1. The summed E-state index contributed by atoms with van der Waals surface area (Å²) in [7, 11) is 0. The number of hydrogen-bond donors (Lipinski definition) is 0. The van der Waals surface area contributed by atoms with E-state index in [1.807, 2.05) is 0 Å². The predicted molar refractivity (Wildman–Crippen MR) is 102 cm³/mol. The van der Waals surface area contributed by atoms with Gasteiger partial charge in [0.25, 0.3) is 5.56 Å². The Bertz CT molecular complexity index is 1190. The highest BCUT2D eigenvalue weighted by atomic mass is 35.5. The predicted octanol–water partition coefficient (Wildman–Crippen LogP) is 3.68. The van der Waals surface area contributed by atoms with Gasteiger partial charge in [-0.05, 0) is 36.4 Å². The molecular weight excluding hydrogens is 392 g/mol. The molecular formula is C18H12Cl2FN5O. The first kappa shape index (κ1) is 17.6. The Kier molecular flexibility index (Phi) is 4.63. The lowest BCUT2D eigenvalue weighted by Crippen LogP contribution is -2.24. The lowest BCUT2D eigenvalue weighted by atomic mass is 10.2. The SMILES string of the molecule is O=c1c2cnn(-c3ccc(F)cc3)c2nc(-c2cccnc2Cl)n1CCCl. The summed E-state index contributed by atoms with van der Waals surface area (Å²) < 4.78 is 16.2. The highest BCUT2D eigenvalue weighted by Crippen LogP contribution is 2.25. The van der Waals surface area contributed by atoms with Gasteiger partial charge in [-0.2, -0.15) is 5.10 Å². The van der Waals surface area contributed by atoms with Crippen molar-refractivity contribution in [3.05, 3.63) is 70.1 Å². The summed E-state index contributed by atoms with van der Waals surface area (Å²) in [5.41, 5.74) is 1.14. The number of rotatable bonds is 4. The summed E-state index contributed by atoms with van der Waals surface area (Å²) in [4.78, 5) is 21.7. The lowest BCUT2D eigenvalue weighted by Gasteiger charge is -2.12. The first-order valence-electron chi connectivity index (χ1n) is 8.01. The third-order valence-electron chi connectivity index (χ3n) is 4.07. The second-order valence-electron chi connectivity index (χ2n) is 5.69. The Morgan fingerprint density at radius 1 is 1.15 bits per heavy atom. The summed E-state index contributed by atoms with van der Waals surface area (Å²) in [6, 6.07) is 9.19. The molecule has 136 valence electrons. The fourth-order valence-corrected chi connectivity index (χ4v) is 3.20. The summed E-state index contributed by atoms with van der Waals surface area (Å²) in [6.07, 6.45) is 2.99. The van der Waals surface area contributed by atoms with Crippen LogP contribution in [0.4, 0.5) is 4.39 Å². The van der Waals surface area contributed by atoms with Gasteiger partial charge in [-0.1, -0.05) is 11.6 Å². The molecule has 1 aromatic carbocycles. The van der Waals surface area contributed by atoms with Gasteiger partial charge in [0.1, 0.15) is 22.2 Å². The molecule has 0 fully saturated rings. The Hall–Kier alpha value is -2.77. The minimum absolute atomic E-state index is 0.222. The molecule has 3 aromatic heterocycles. The van der Waals surface area contributed by atoms with Crippen LogP contribution < -0.4 is 5.56 Å². The Morgan fingerprint density at radius 3 is 2.63 bits per heavy atom. The maximum Gasteiger partial charge on any atom is 0.264 e. The second-order valence-corrected chi connectivity index (χ2v) is 6.43. The van der Waals surface area contributed by atoms with E-state index in [0.717, 1.165) is 0 Å².